The second kappa shape index (κ2) is 6.60. The Morgan fingerprint density at radius 1 is 1.32 bits per heavy atom. The van der Waals surface area contributed by atoms with Crippen LogP contribution in [0.15, 0.2) is 22.7 Å². The van der Waals surface area contributed by atoms with Crippen molar-refractivity contribution < 1.29 is 0 Å². The Bertz CT molecular complexity index is 423. The minimum absolute atomic E-state index is 0.202. The van der Waals surface area contributed by atoms with Crippen molar-refractivity contribution in [3.63, 3.8) is 0 Å². The molecule has 1 aliphatic rings. The Labute approximate surface area is 130 Å². The molecule has 0 bridgehead atoms. The van der Waals surface area contributed by atoms with Crippen molar-refractivity contribution in [1.29, 1.82) is 0 Å². The molecule has 0 amide bonds. The monoisotopic (exact) mass is 343 g/mol. The van der Waals surface area contributed by atoms with Gasteiger partial charge >= 0.3 is 0 Å². The standard InChI is InChI=1S/C16H23BrClN/c1-12(2)16(8-4-3-5-9-19-16)11-13-6-7-14(17)10-15(13)18/h6-7,10,12,19H,3-5,8-9,11H2,1-2H3. The molecule has 1 fully saturated rings. The van der Waals surface area contributed by atoms with Gasteiger partial charge in [-0.15, -0.1) is 0 Å². The summed E-state index contributed by atoms with van der Waals surface area (Å²) in [6.45, 7) is 5.78. The SMILES string of the molecule is CC(C)C1(Cc2ccc(Br)cc2Cl)CCCCCN1. The van der Waals surface area contributed by atoms with E-state index < -0.39 is 0 Å². The number of nitrogens with one attached hydrogen (secondary N) is 1. The minimum atomic E-state index is 0.202. The Morgan fingerprint density at radius 3 is 2.79 bits per heavy atom. The molecule has 0 saturated carbocycles. The van der Waals surface area contributed by atoms with Crippen molar-refractivity contribution in [3.05, 3.63) is 33.3 Å². The fourth-order valence-corrected chi connectivity index (χ4v) is 3.76. The lowest BCUT2D eigenvalue weighted by Crippen LogP contribution is -2.51. The van der Waals surface area contributed by atoms with E-state index in [0.29, 0.717) is 5.92 Å². The Kier molecular flexibility index (Phi) is 5.33. The molecule has 1 saturated heterocycles. The lowest BCUT2D eigenvalue weighted by molar-refractivity contribution is 0.226. The van der Waals surface area contributed by atoms with E-state index in [1.165, 1.54) is 31.2 Å². The molecule has 1 nitrogen and oxygen atoms in total. The quantitative estimate of drug-likeness (QED) is 0.794. The Balaban J connectivity index is 2.24. The molecule has 1 N–H and O–H groups in total. The number of halogens is 2. The summed E-state index contributed by atoms with van der Waals surface area (Å²) < 4.78 is 1.05. The highest BCUT2D eigenvalue weighted by Crippen LogP contribution is 2.33. The van der Waals surface area contributed by atoms with Crippen LogP contribution in [0.4, 0.5) is 0 Å². The van der Waals surface area contributed by atoms with E-state index >= 15 is 0 Å². The van der Waals surface area contributed by atoms with Gasteiger partial charge in [0.2, 0.25) is 0 Å². The molecule has 0 aliphatic carbocycles. The lowest BCUT2D eigenvalue weighted by Gasteiger charge is -2.38. The first-order valence-corrected chi connectivity index (χ1v) is 8.39. The predicted molar refractivity (Wildman–Crippen MR) is 86.9 cm³/mol. The third kappa shape index (κ3) is 3.74. The van der Waals surface area contributed by atoms with Crippen molar-refractivity contribution in [2.45, 2.75) is 51.5 Å². The largest absolute Gasteiger partial charge is 0.311 e. The average molecular weight is 345 g/mol. The van der Waals surface area contributed by atoms with Gasteiger partial charge in [0, 0.05) is 15.0 Å². The molecule has 1 heterocycles. The zero-order valence-electron chi connectivity index (χ0n) is 11.8. The molecule has 3 heteroatoms. The van der Waals surface area contributed by atoms with Crippen LogP contribution in [0.5, 0.6) is 0 Å². The van der Waals surface area contributed by atoms with Crippen LogP contribution in [-0.4, -0.2) is 12.1 Å². The topological polar surface area (TPSA) is 12.0 Å². The van der Waals surface area contributed by atoms with Gasteiger partial charge in [0.05, 0.1) is 0 Å². The van der Waals surface area contributed by atoms with E-state index in [1.54, 1.807) is 0 Å². The summed E-state index contributed by atoms with van der Waals surface area (Å²) in [6.07, 6.45) is 6.23. The van der Waals surface area contributed by atoms with Gasteiger partial charge in [0.25, 0.3) is 0 Å². The van der Waals surface area contributed by atoms with Crippen molar-refractivity contribution >= 4 is 27.5 Å². The van der Waals surface area contributed by atoms with Gasteiger partial charge in [-0.05, 0) is 49.4 Å². The van der Waals surface area contributed by atoms with Crippen LogP contribution >= 0.6 is 27.5 Å². The van der Waals surface area contributed by atoms with E-state index in [2.05, 4.69) is 47.2 Å². The second-order valence-electron chi connectivity index (χ2n) is 5.96. The summed E-state index contributed by atoms with van der Waals surface area (Å²) in [6, 6.07) is 6.25. The molecule has 1 unspecified atom stereocenters. The maximum atomic E-state index is 6.40. The van der Waals surface area contributed by atoms with Crippen LogP contribution in [0.2, 0.25) is 5.02 Å². The first-order chi connectivity index (χ1) is 9.03. The summed E-state index contributed by atoms with van der Waals surface area (Å²) in [5, 5.41) is 4.69. The maximum Gasteiger partial charge on any atom is 0.0449 e. The van der Waals surface area contributed by atoms with E-state index in [9.17, 15) is 0 Å². The van der Waals surface area contributed by atoms with Crippen molar-refractivity contribution in [1.82, 2.24) is 5.32 Å². The predicted octanol–water partition coefficient (Wildman–Crippen LogP) is 5.20. The van der Waals surface area contributed by atoms with Crippen LogP contribution in [0, 0.1) is 5.92 Å². The molecule has 1 aromatic carbocycles. The van der Waals surface area contributed by atoms with Crippen molar-refractivity contribution in [3.8, 4) is 0 Å². The second-order valence-corrected chi connectivity index (χ2v) is 7.28. The zero-order chi connectivity index (χ0) is 13.9. The van der Waals surface area contributed by atoms with Gasteiger partial charge in [-0.3, -0.25) is 0 Å². The van der Waals surface area contributed by atoms with E-state index in [0.717, 1.165) is 22.5 Å². The fourth-order valence-electron chi connectivity index (χ4n) is 3.02. The molecular weight excluding hydrogens is 322 g/mol. The Hall–Kier alpha value is -0.0500. The van der Waals surface area contributed by atoms with Gasteiger partial charge < -0.3 is 5.32 Å². The van der Waals surface area contributed by atoms with Gasteiger partial charge in [-0.25, -0.2) is 0 Å². The molecule has 19 heavy (non-hydrogen) atoms. The molecule has 0 aromatic heterocycles. The molecule has 0 radical (unpaired) electrons. The van der Waals surface area contributed by atoms with Crippen LogP contribution in [0.25, 0.3) is 0 Å². The molecular formula is C16H23BrClN. The first kappa shape index (κ1) is 15.3. The minimum Gasteiger partial charge on any atom is -0.311 e. The third-order valence-corrected chi connectivity index (χ3v) is 5.25. The van der Waals surface area contributed by atoms with Crippen LogP contribution in [-0.2, 0) is 6.42 Å². The highest BCUT2D eigenvalue weighted by Gasteiger charge is 2.34. The molecule has 1 atom stereocenters. The van der Waals surface area contributed by atoms with Crippen molar-refractivity contribution in [2.24, 2.45) is 5.92 Å². The molecule has 2 rings (SSSR count). The highest BCUT2D eigenvalue weighted by atomic mass is 79.9. The van der Waals surface area contributed by atoms with Crippen LogP contribution < -0.4 is 5.32 Å². The van der Waals surface area contributed by atoms with Gasteiger partial charge in [-0.1, -0.05) is 60.3 Å². The van der Waals surface area contributed by atoms with Gasteiger partial charge in [-0.2, -0.15) is 0 Å². The zero-order valence-corrected chi connectivity index (χ0v) is 14.1. The van der Waals surface area contributed by atoms with Gasteiger partial charge in [0.15, 0.2) is 0 Å². The first-order valence-electron chi connectivity index (χ1n) is 7.22. The molecule has 106 valence electrons. The third-order valence-electron chi connectivity index (χ3n) is 4.40. The number of hydrogen-bond acceptors (Lipinski definition) is 1. The molecule has 1 aromatic rings. The summed E-state index contributed by atoms with van der Waals surface area (Å²) in [5.74, 6) is 0.616. The Morgan fingerprint density at radius 2 is 2.11 bits per heavy atom. The highest BCUT2D eigenvalue weighted by molar-refractivity contribution is 9.10. The number of benzene rings is 1. The number of rotatable bonds is 3. The van der Waals surface area contributed by atoms with Crippen molar-refractivity contribution in [2.75, 3.05) is 6.54 Å². The van der Waals surface area contributed by atoms with E-state index in [4.69, 9.17) is 11.6 Å². The van der Waals surface area contributed by atoms with Crippen LogP contribution in [0.3, 0.4) is 0 Å². The summed E-state index contributed by atoms with van der Waals surface area (Å²) in [5.41, 5.74) is 1.46. The lowest BCUT2D eigenvalue weighted by atomic mass is 9.77. The average Bonchev–Trinajstić information content (AvgIpc) is 2.59. The van der Waals surface area contributed by atoms with E-state index in [-0.39, 0.29) is 5.54 Å². The summed E-state index contributed by atoms with van der Waals surface area (Å²) in [4.78, 5) is 0. The maximum absolute atomic E-state index is 6.40. The summed E-state index contributed by atoms with van der Waals surface area (Å²) in [7, 11) is 0. The molecule has 1 aliphatic heterocycles. The number of hydrogen-bond donors (Lipinski definition) is 1. The van der Waals surface area contributed by atoms with E-state index in [1.807, 2.05) is 6.07 Å². The smallest absolute Gasteiger partial charge is 0.0449 e. The van der Waals surface area contributed by atoms with Crippen LogP contribution in [0.1, 0.15) is 45.1 Å². The summed E-state index contributed by atoms with van der Waals surface area (Å²) >= 11 is 9.87. The fraction of sp³-hybridized carbons (Fsp3) is 0.625. The normalized spacial score (nSPS) is 24.5. The molecule has 0 spiro atoms. The van der Waals surface area contributed by atoms with Gasteiger partial charge in [0.1, 0.15) is 0 Å².